The van der Waals surface area contributed by atoms with Crippen LogP contribution in [0.5, 0.6) is 0 Å². The molecule has 86 valence electrons. The topological polar surface area (TPSA) is 26.3 Å². The number of hydrogen-bond donors (Lipinski definition) is 0. The molecule has 2 heteroatoms. The van der Waals surface area contributed by atoms with Crippen LogP contribution in [0.25, 0.3) is 0 Å². The average molecular weight is 210 g/mol. The Hall–Kier alpha value is -0.790. The second-order valence-electron chi connectivity index (χ2n) is 4.46. The van der Waals surface area contributed by atoms with E-state index in [2.05, 4.69) is 4.74 Å². The van der Waals surface area contributed by atoms with Crippen molar-refractivity contribution in [2.24, 2.45) is 5.92 Å². The van der Waals surface area contributed by atoms with Gasteiger partial charge in [0.15, 0.2) is 0 Å². The second-order valence-corrected chi connectivity index (χ2v) is 4.46. The molecule has 1 fully saturated rings. The van der Waals surface area contributed by atoms with Crippen molar-refractivity contribution in [1.82, 2.24) is 0 Å². The first-order valence-corrected chi connectivity index (χ1v) is 5.99. The van der Waals surface area contributed by atoms with Gasteiger partial charge in [-0.05, 0) is 25.7 Å². The van der Waals surface area contributed by atoms with E-state index >= 15 is 0 Å². The van der Waals surface area contributed by atoms with E-state index in [1.165, 1.54) is 45.6 Å². The summed E-state index contributed by atoms with van der Waals surface area (Å²) in [6, 6.07) is 0. The zero-order valence-electron chi connectivity index (χ0n) is 9.92. The van der Waals surface area contributed by atoms with Crippen LogP contribution in [0.4, 0.5) is 0 Å². The first kappa shape index (κ1) is 12.3. The third-order valence-corrected chi connectivity index (χ3v) is 3.26. The summed E-state index contributed by atoms with van der Waals surface area (Å²) in [4.78, 5) is 11.1. The Labute approximate surface area is 92.7 Å². The first-order valence-electron chi connectivity index (χ1n) is 5.99. The van der Waals surface area contributed by atoms with Crippen LogP contribution in [0.2, 0.25) is 0 Å². The number of esters is 1. The van der Waals surface area contributed by atoms with E-state index in [4.69, 9.17) is 0 Å². The van der Waals surface area contributed by atoms with Crippen molar-refractivity contribution in [2.75, 3.05) is 7.11 Å². The maximum atomic E-state index is 11.1. The summed E-state index contributed by atoms with van der Waals surface area (Å²) in [5, 5.41) is 0. The molecule has 2 nitrogen and oxygen atoms in total. The number of methoxy groups -OCH3 is 1. The molecule has 1 rings (SSSR count). The molecule has 1 saturated carbocycles. The molecule has 0 unspecified atom stereocenters. The van der Waals surface area contributed by atoms with Crippen molar-refractivity contribution in [3.63, 3.8) is 0 Å². The largest absolute Gasteiger partial charge is 0.466 e. The van der Waals surface area contributed by atoms with Crippen molar-refractivity contribution >= 4 is 5.97 Å². The third-order valence-electron chi connectivity index (χ3n) is 3.26. The van der Waals surface area contributed by atoms with Crippen LogP contribution in [0.15, 0.2) is 11.6 Å². The van der Waals surface area contributed by atoms with Crippen molar-refractivity contribution in [2.45, 2.75) is 51.9 Å². The smallest absolute Gasteiger partial charge is 0.333 e. The number of carbonyl (C=O) groups excluding carboxylic acids is 1. The van der Waals surface area contributed by atoms with Gasteiger partial charge in [0.2, 0.25) is 0 Å². The van der Waals surface area contributed by atoms with Gasteiger partial charge in [-0.25, -0.2) is 4.79 Å². The third kappa shape index (κ3) is 4.50. The van der Waals surface area contributed by atoms with Gasteiger partial charge in [-0.2, -0.15) is 0 Å². The van der Waals surface area contributed by atoms with E-state index < -0.39 is 0 Å². The molecule has 1 aliphatic rings. The van der Waals surface area contributed by atoms with Gasteiger partial charge < -0.3 is 4.74 Å². The van der Waals surface area contributed by atoms with Gasteiger partial charge in [-0.15, -0.1) is 0 Å². The highest BCUT2D eigenvalue weighted by Crippen LogP contribution is 2.27. The second kappa shape index (κ2) is 6.65. The highest BCUT2D eigenvalue weighted by Gasteiger charge is 2.12. The molecule has 0 heterocycles. The van der Waals surface area contributed by atoms with Gasteiger partial charge in [0.25, 0.3) is 0 Å². The van der Waals surface area contributed by atoms with Crippen LogP contribution in [-0.2, 0) is 9.53 Å². The lowest BCUT2D eigenvalue weighted by atomic mass is 9.86. The molecule has 0 radical (unpaired) electrons. The van der Waals surface area contributed by atoms with E-state index in [1.54, 1.807) is 0 Å². The number of rotatable bonds is 4. The number of ether oxygens (including phenoxy) is 1. The quantitative estimate of drug-likeness (QED) is 0.524. The SMILES string of the molecule is COC(=O)C(C)=CCCC1CCCCC1. The van der Waals surface area contributed by atoms with E-state index in [0.717, 1.165) is 17.9 Å². The zero-order chi connectivity index (χ0) is 11.1. The fourth-order valence-electron chi connectivity index (χ4n) is 2.26. The maximum Gasteiger partial charge on any atom is 0.333 e. The molecule has 0 atom stereocenters. The predicted octanol–water partition coefficient (Wildman–Crippen LogP) is 3.47. The van der Waals surface area contributed by atoms with E-state index in [9.17, 15) is 4.79 Å². The lowest BCUT2D eigenvalue weighted by Crippen LogP contribution is -2.06. The van der Waals surface area contributed by atoms with Gasteiger partial charge in [-0.3, -0.25) is 0 Å². The molecule has 0 aliphatic heterocycles. The first-order chi connectivity index (χ1) is 7.24. The van der Waals surface area contributed by atoms with E-state index in [1.807, 2.05) is 13.0 Å². The average Bonchev–Trinajstić information content (AvgIpc) is 2.29. The van der Waals surface area contributed by atoms with Crippen LogP contribution in [-0.4, -0.2) is 13.1 Å². The number of allylic oxidation sites excluding steroid dienone is 1. The van der Waals surface area contributed by atoms with Crippen LogP contribution >= 0.6 is 0 Å². The summed E-state index contributed by atoms with van der Waals surface area (Å²) < 4.78 is 4.65. The molecule has 0 aromatic carbocycles. The van der Waals surface area contributed by atoms with Gasteiger partial charge in [0.05, 0.1) is 7.11 Å². The molecule has 0 amide bonds. The molecule has 0 bridgehead atoms. The Morgan fingerprint density at radius 2 is 2.00 bits per heavy atom. The number of hydrogen-bond acceptors (Lipinski definition) is 2. The fourth-order valence-corrected chi connectivity index (χ4v) is 2.26. The van der Waals surface area contributed by atoms with Crippen molar-refractivity contribution in [3.8, 4) is 0 Å². The fraction of sp³-hybridized carbons (Fsp3) is 0.769. The minimum atomic E-state index is -0.196. The van der Waals surface area contributed by atoms with Crippen molar-refractivity contribution in [1.29, 1.82) is 0 Å². The standard InChI is InChI=1S/C13H22O2/c1-11(13(14)15-2)7-6-10-12-8-4-3-5-9-12/h7,12H,3-6,8-10H2,1-2H3. The highest BCUT2D eigenvalue weighted by atomic mass is 16.5. The summed E-state index contributed by atoms with van der Waals surface area (Å²) in [5.74, 6) is 0.694. The molecule has 0 spiro atoms. The van der Waals surface area contributed by atoms with Gasteiger partial charge in [0, 0.05) is 5.57 Å². The van der Waals surface area contributed by atoms with Crippen LogP contribution in [0.3, 0.4) is 0 Å². The molecule has 0 saturated heterocycles. The maximum absolute atomic E-state index is 11.1. The Kier molecular flexibility index (Phi) is 5.44. The Morgan fingerprint density at radius 1 is 1.33 bits per heavy atom. The minimum absolute atomic E-state index is 0.196. The van der Waals surface area contributed by atoms with Crippen LogP contribution in [0.1, 0.15) is 51.9 Å². The normalized spacial score (nSPS) is 18.9. The Balaban J connectivity index is 2.21. The summed E-state index contributed by atoms with van der Waals surface area (Å²) in [7, 11) is 1.43. The van der Waals surface area contributed by atoms with Crippen molar-refractivity contribution in [3.05, 3.63) is 11.6 Å². The molecular formula is C13H22O2. The molecule has 0 aromatic heterocycles. The molecule has 1 aliphatic carbocycles. The van der Waals surface area contributed by atoms with Gasteiger partial charge >= 0.3 is 5.97 Å². The summed E-state index contributed by atoms with van der Waals surface area (Å²) >= 11 is 0. The minimum Gasteiger partial charge on any atom is -0.466 e. The molecular weight excluding hydrogens is 188 g/mol. The zero-order valence-corrected chi connectivity index (χ0v) is 9.92. The Morgan fingerprint density at radius 3 is 2.60 bits per heavy atom. The summed E-state index contributed by atoms with van der Waals surface area (Å²) in [6.07, 6.45) is 11.2. The van der Waals surface area contributed by atoms with Gasteiger partial charge in [0.1, 0.15) is 0 Å². The van der Waals surface area contributed by atoms with E-state index in [-0.39, 0.29) is 5.97 Å². The van der Waals surface area contributed by atoms with Crippen molar-refractivity contribution < 1.29 is 9.53 Å². The molecule has 15 heavy (non-hydrogen) atoms. The lowest BCUT2D eigenvalue weighted by Gasteiger charge is -2.20. The Bertz CT molecular complexity index is 225. The van der Waals surface area contributed by atoms with E-state index in [0.29, 0.717) is 0 Å². The van der Waals surface area contributed by atoms with Crippen LogP contribution in [0, 0.1) is 5.92 Å². The molecule has 0 N–H and O–H groups in total. The summed E-state index contributed by atoms with van der Waals surface area (Å²) in [5.41, 5.74) is 0.744. The lowest BCUT2D eigenvalue weighted by molar-refractivity contribution is -0.136. The van der Waals surface area contributed by atoms with Gasteiger partial charge in [-0.1, -0.05) is 38.2 Å². The molecule has 0 aromatic rings. The monoisotopic (exact) mass is 210 g/mol. The highest BCUT2D eigenvalue weighted by molar-refractivity contribution is 5.87. The van der Waals surface area contributed by atoms with Crippen LogP contribution < -0.4 is 0 Å². The predicted molar refractivity (Wildman–Crippen MR) is 61.6 cm³/mol. The summed E-state index contributed by atoms with van der Waals surface area (Å²) in [6.45, 7) is 1.83. The number of carbonyl (C=O) groups is 1.